The van der Waals surface area contributed by atoms with Crippen LogP contribution < -0.4 is 4.74 Å². The molecule has 1 heterocycles. The fraction of sp³-hybridized carbons (Fsp3) is 0.600. The Morgan fingerprint density at radius 2 is 1.78 bits per heavy atom. The summed E-state index contributed by atoms with van der Waals surface area (Å²) in [4.78, 5) is 2.34. The number of benzene rings is 1. The molecule has 3 heteroatoms. The Bertz CT molecular complexity index is 403. The van der Waals surface area contributed by atoms with Gasteiger partial charge in [-0.2, -0.15) is 0 Å². The van der Waals surface area contributed by atoms with E-state index < -0.39 is 5.60 Å². The van der Waals surface area contributed by atoms with E-state index in [2.05, 4.69) is 11.9 Å². The Labute approximate surface area is 108 Å². The van der Waals surface area contributed by atoms with Crippen LogP contribution in [0.1, 0.15) is 31.2 Å². The Morgan fingerprint density at radius 1 is 1.17 bits per heavy atom. The van der Waals surface area contributed by atoms with Crippen LogP contribution in [-0.2, 0) is 5.60 Å². The highest BCUT2D eigenvalue weighted by Crippen LogP contribution is 2.45. The van der Waals surface area contributed by atoms with Crippen LogP contribution in [0.25, 0.3) is 0 Å². The molecule has 98 valence electrons. The number of likely N-dealkylation sites (tertiary alicyclic amines) is 1. The first-order chi connectivity index (χ1) is 8.66. The lowest BCUT2D eigenvalue weighted by molar-refractivity contribution is 0.114. The largest absolute Gasteiger partial charge is 0.490 e. The highest BCUT2D eigenvalue weighted by atomic mass is 16.5. The van der Waals surface area contributed by atoms with E-state index >= 15 is 0 Å². The van der Waals surface area contributed by atoms with E-state index in [1.807, 2.05) is 24.3 Å². The van der Waals surface area contributed by atoms with Gasteiger partial charge < -0.3 is 14.7 Å². The number of piperidine rings is 1. The van der Waals surface area contributed by atoms with Gasteiger partial charge in [-0.3, -0.25) is 0 Å². The van der Waals surface area contributed by atoms with E-state index in [1.165, 1.54) is 0 Å². The average molecular weight is 247 g/mol. The van der Waals surface area contributed by atoms with Crippen molar-refractivity contribution in [2.45, 2.75) is 37.4 Å². The van der Waals surface area contributed by atoms with Gasteiger partial charge in [0.2, 0.25) is 0 Å². The molecule has 2 aliphatic rings. The summed E-state index contributed by atoms with van der Waals surface area (Å²) in [5.74, 6) is 0.928. The first-order valence-corrected chi connectivity index (χ1v) is 6.84. The van der Waals surface area contributed by atoms with Gasteiger partial charge in [0.15, 0.2) is 0 Å². The summed E-state index contributed by atoms with van der Waals surface area (Å²) in [6, 6.07) is 7.97. The molecule has 0 amide bonds. The van der Waals surface area contributed by atoms with Gasteiger partial charge in [-0.25, -0.2) is 0 Å². The van der Waals surface area contributed by atoms with Crippen molar-refractivity contribution < 1.29 is 9.84 Å². The average Bonchev–Trinajstić information content (AvgIpc) is 3.12. The molecule has 0 radical (unpaired) electrons. The third-order valence-corrected chi connectivity index (χ3v) is 4.08. The van der Waals surface area contributed by atoms with Gasteiger partial charge in [-0.15, -0.1) is 0 Å². The fourth-order valence-corrected chi connectivity index (χ4v) is 2.55. The Kier molecular flexibility index (Phi) is 3.04. The van der Waals surface area contributed by atoms with Crippen molar-refractivity contribution in [1.29, 1.82) is 0 Å². The number of ether oxygens (including phenoxy) is 1. The van der Waals surface area contributed by atoms with Gasteiger partial charge in [0, 0.05) is 13.1 Å². The summed E-state index contributed by atoms with van der Waals surface area (Å²) in [7, 11) is 2.15. The molecule has 3 rings (SSSR count). The van der Waals surface area contributed by atoms with Crippen LogP contribution in [0.15, 0.2) is 24.3 Å². The van der Waals surface area contributed by atoms with Crippen molar-refractivity contribution in [3.05, 3.63) is 29.8 Å². The molecule has 1 aliphatic heterocycles. The molecule has 1 saturated carbocycles. The number of rotatable bonds is 3. The SMILES string of the molecule is CN1CCC(Oc2ccc(C3(O)CC3)cc2)CC1. The van der Waals surface area contributed by atoms with E-state index in [9.17, 15) is 5.11 Å². The monoisotopic (exact) mass is 247 g/mol. The molecule has 1 aliphatic carbocycles. The van der Waals surface area contributed by atoms with Gasteiger partial charge in [-0.1, -0.05) is 12.1 Å². The van der Waals surface area contributed by atoms with E-state index in [4.69, 9.17) is 4.74 Å². The minimum absolute atomic E-state index is 0.344. The molecule has 0 unspecified atom stereocenters. The predicted molar refractivity (Wildman–Crippen MR) is 70.7 cm³/mol. The molecule has 0 atom stereocenters. The van der Waals surface area contributed by atoms with Crippen molar-refractivity contribution in [2.75, 3.05) is 20.1 Å². The van der Waals surface area contributed by atoms with Gasteiger partial charge >= 0.3 is 0 Å². The third-order valence-electron chi connectivity index (χ3n) is 4.08. The van der Waals surface area contributed by atoms with Gasteiger partial charge in [0.1, 0.15) is 11.9 Å². The Balaban J connectivity index is 1.60. The standard InChI is InChI=1S/C15H21NO2/c1-16-10-6-14(7-11-16)18-13-4-2-12(3-5-13)15(17)8-9-15/h2-5,14,17H,6-11H2,1H3. The minimum atomic E-state index is -0.536. The molecule has 0 aromatic heterocycles. The second-order valence-electron chi connectivity index (χ2n) is 5.68. The van der Waals surface area contributed by atoms with Crippen LogP contribution >= 0.6 is 0 Å². The summed E-state index contributed by atoms with van der Waals surface area (Å²) in [6.07, 6.45) is 4.32. The van der Waals surface area contributed by atoms with E-state index in [0.29, 0.717) is 6.10 Å². The maximum absolute atomic E-state index is 10.00. The van der Waals surface area contributed by atoms with Crippen LogP contribution in [0.3, 0.4) is 0 Å². The number of hydrogen-bond acceptors (Lipinski definition) is 3. The maximum atomic E-state index is 10.00. The normalized spacial score (nSPS) is 23.9. The molecule has 1 saturated heterocycles. The lowest BCUT2D eigenvalue weighted by Crippen LogP contribution is -2.35. The van der Waals surface area contributed by atoms with E-state index in [-0.39, 0.29) is 0 Å². The lowest BCUT2D eigenvalue weighted by Gasteiger charge is -2.29. The van der Waals surface area contributed by atoms with Crippen molar-refractivity contribution >= 4 is 0 Å². The lowest BCUT2D eigenvalue weighted by atomic mass is 10.1. The summed E-state index contributed by atoms with van der Waals surface area (Å²) < 4.78 is 5.98. The second-order valence-corrected chi connectivity index (χ2v) is 5.68. The zero-order valence-electron chi connectivity index (χ0n) is 10.9. The zero-order chi connectivity index (χ0) is 12.6. The minimum Gasteiger partial charge on any atom is -0.490 e. The molecular weight excluding hydrogens is 226 g/mol. The molecule has 0 spiro atoms. The van der Waals surface area contributed by atoms with Gasteiger partial charge in [0.05, 0.1) is 5.60 Å². The van der Waals surface area contributed by atoms with Crippen molar-refractivity contribution in [3.63, 3.8) is 0 Å². The number of aliphatic hydroxyl groups is 1. The molecule has 18 heavy (non-hydrogen) atoms. The van der Waals surface area contributed by atoms with Crippen molar-refractivity contribution in [1.82, 2.24) is 4.90 Å². The Hall–Kier alpha value is -1.06. The molecule has 1 aromatic carbocycles. The summed E-state index contributed by atoms with van der Waals surface area (Å²) in [5, 5.41) is 10.00. The maximum Gasteiger partial charge on any atom is 0.119 e. The molecule has 2 fully saturated rings. The zero-order valence-corrected chi connectivity index (χ0v) is 10.9. The summed E-state index contributed by atoms with van der Waals surface area (Å²) in [6.45, 7) is 2.23. The highest BCUT2D eigenvalue weighted by Gasteiger charge is 2.41. The second kappa shape index (κ2) is 4.56. The topological polar surface area (TPSA) is 32.7 Å². The first kappa shape index (κ1) is 12.0. The van der Waals surface area contributed by atoms with Crippen LogP contribution in [0.5, 0.6) is 5.75 Å². The van der Waals surface area contributed by atoms with E-state index in [0.717, 1.165) is 50.1 Å². The van der Waals surface area contributed by atoms with E-state index in [1.54, 1.807) is 0 Å². The highest BCUT2D eigenvalue weighted by molar-refractivity contribution is 5.33. The molecule has 1 aromatic rings. The van der Waals surface area contributed by atoms with Crippen LogP contribution in [0.2, 0.25) is 0 Å². The smallest absolute Gasteiger partial charge is 0.119 e. The quantitative estimate of drug-likeness (QED) is 0.888. The van der Waals surface area contributed by atoms with Gasteiger partial charge in [-0.05, 0) is 50.4 Å². The van der Waals surface area contributed by atoms with Crippen LogP contribution in [-0.4, -0.2) is 36.2 Å². The fourth-order valence-electron chi connectivity index (χ4n) is 2.55. The van der Waals surface area contributed by atoms with Crippen LogP contribution in [0.4, 0.5) is 0 Å². The summed E-state index contributed by atoms with van der Waals surface area (Å²) in [5.41, 5.74) is 0.491. The molecule has 3 nitrogen and oxygen atoms in total. The first-order valence-electron chi connectivity index (χ1n) is 6.84. The third kappa shape index (κ3) is 2.52. The predicted octanol–water partition coefficient (Wildman–Crippen LogP) is 2.14. The number of hydrogen-bond donors (Lipinski definition) is 1. The molecule has 1 N–H and O–H groups in total. The van der Waals surface area contributed by atoms with Gasteiger partial charge in [0.25, 0.3) is 0 Å². The van der Waals surface area contributed by atoms with Crippen LogP contribution in [0, 0.1) is 0 Å². The Morgan fingerprint density at radius 3 is 2.33 bits per heavy atom. The van der Waals surface area contributed by atoms with Crippen molar-refractivity contribution in [2.24, 2.45) is 0 Å². The van der Waals surface area contributed by atoms with Crippen molar-refractivity contribution in [3.8, 4) is 5.75 Å². The number of nitrogens with zero attached hydrogens (tertiary/aromatic N) is 1. The molecule has 0 bridgehead atoms. The molecular formula is C15H21NO2. The summed E-state index contributed by atoms with van der Waals surface area (Å²) >= 11 is 0.